The van der Waals surface area contributed by atoms with Gasteiger partial charge in [0.1, 0.15) is 12.1 Å². The third-order valence-electron chi connectivity index (χ3n) is 12.4. The Bertz CT molecular complexity index is 3690. The number of para-hydroxylation sites is 2. The summed E-state index contributed by atoms with van der Waals surface area (Å²) in [5.41, 5.74) is 16.2. The summed E-state index contributed by atoms with van der Waals surface area (Å²) >= 11 is 0. The normalized spacial score (nSPS) is 12.2. The number of hydrogen-bond donors (Lipinski definition) is 0. The summed E-state index contributed by atoms with van der Waals surface area (Å²) in [6, 6.07) is 61.0. The van der Waals surface area contributed by atoms with Crippen LogP contribution in [-0.2, 0) is 0 Å². The number of fused-ring (bicyclic) bond motifs is 14. The third-order valence-corrected chi connectivity index (χ3v) is 12.4. The molecule has 9 aromatic carbocycles. The second-order valence-electron chi connectivity index (χ2n) is 15.0. The van der Waals surface area contributed by atoms with Gasteiger partial charge < -0.3 is 9.13 Å². The second kappa shape index (κ2) is 10.4. The maximum atomic E-state index is 11.1. The van der Waals surface area contributed by atoms with Gasteiger partial charge in [0, 0.05) is 38.0 Å². The van der Waals surface area contributed by atoms with Crippen LogP contribution >= 0.6 is 0 Å². The van der Waals surface area contributed by atoms with Gasteiger partial charge in [-0.25, -0.2) is 0 Å². The molecule has 4 heteroatoms. The van der Waals surface area contributed by atoms with E-state index in [-0.39, 0.29) is 0 Å². The predicted molar refractivity (Wildman–Crippen MR) is 228 cm³/mol. The molecule has 2 heterocycles. The summed E-state index contributed by atoms with van der Waals surface area (Å²) in [6.45, 7) is 0. The molecule has 0 fully saturated rings. The van der Waals surface area contributed by atoms with E-state index >= 15 is 0 Å². The highest BCUT2D eigenvalue weighted by Crippen LogP contribution is 2.53. The maximum absolute atomic E-state index is 11.1. The Kier molecular flexibility index (Phi) is 5.48. The predicted octanol–water partition coefficient (Wildman–Crippen LogP) is 13.2. The average molecular weight is 707 g/mol. The monoisotopic (exact) mass is 706 g/mol. The van der Waals surface area contributed by atoms with Gasteiger partial charge in [-0.05, 0) is 91.7 Å². The molecular formula is C52H26N4. The van der Waals surface area contributed by atoms with Crippen molar-refractivity contribution in [2.75, 3.05) is 0 Å². The smallest absolute Gasteiger partial charge is 0.101 e. The SMILES string of the molecule is N#Cc1cc(-n2c3ccccc3c3cc4c5c(cccc5c32)-c2ccccc2-4)cc(C#N)c1-n1c2ccccc2c2cc3c4c(cccc4c21)-c1ccccc1-3. The Morgan fingerprint density at radius 3 is 1.23 bits per heavy atom. The Balaban J connectivity index is 1.14. The van der Waals surface area contributed by atoms with Crippen LogP contribution in [0, 0.1) is 22.7 Å². The zero-order valence-corrected chi connectivity index (χ0v) is 29.8. The molecule has 0 atom stereocenters. The fourth-order valence-corrected chi connectivity index (χ4v) is 10.3. The van der Waals surface area contributed by atoms with E-state index < -0.39 is 0 Å². The summed E-state index contributed by atoms with van der Waals surface area (Å²) in [5.74, 6) is 0. The van der Waals surface area contributed by atoms with Crippen LogP contribution in [0.3, 0.4) is 0 Å². The molecule has 0 spiro atoms. The van der Waals surface area contributed by atoms with Crippen molar-refractivity contribution in [1.29, 1.82) is 10.5 Å². The van der Waals surface area contributed by atoms with Gasteiger partial charge in [0.25, 0.3) is 0 Å². The van der Waals surface area contributed by atoms with Crippen molar-refractivity contribution in [2.45, 2.75) is 0 Å². The van der Waals surface area contributed by atoms with E-state index in [0.717, 1.165) is 60.1 Å². The highest BCUT2D eigenvalue weighted by atomic mass is 15.0. The molecule has 0 aliphatic heterocycles. The molecule has 0 unspecified atom stereocenters. The topological polar surface area (TPSA) is 57.4 Å². The highest BCUT2D eigenvalue weighted by molar-refractivity contribution is 6.29. The van der Waals surface area contributed by atoms with E-state index in [2.05, 4.69) is 161 Å². The quantitative estimate of drug-likeness (QED) is 0.180. The van der Waals surface area contributed by atoms with Gasteiger partial charge in [0.15, 0.2) is 0 Å². The van der Waals surface area contributed by atoms with Crippen LogP contribution in [0.25, 0.3) is 121 Å². The number of rotatable bonds is 2. The molecule has 0 radical (unpaired) electrons. The van der Waals surface area contributed by atoms with Crippen molar-refractivity contribution >= 4 is 65.2 Å². The molecule has 2 aromatic heterocycles. The Morgan fingerprint density at radius 2 is 0.732 bits per heavy atom. The largest absolute Gasteiger partial charge is 0.309 e. The molecule has 0 saturated carbocycles. The van der Waals surface area contributed by atoms with Crippen molar-refractivity contribution in [3.8, 4) is 68.0 Å². The Hall–Kier alpha value is -7.92. The van der Waals surface area contributed by atoms with Crippen LogP contribution in [0.4, 0.5) is 0 Å². The summed E-state index contributed by atoms with van der Waals surface area (Å²) in [6.07, 6.45) is 0. The number of hydrogen-bond acceptors (Lipinski definition) is 2. The molecule has 2 aliphatic rings. The summed E-state index contributed by atoms with van der Waals surface area (Å²) in [4.78, 5) is 0. The van der Waals surface area contributed by atoms with Gasteiger partial charge in [-0.3, -0.25) is 0 Å². The molecule has 13 rings (SSSR count). The summed E-state index contributed by atoms with van der Waals surface area (Å²) in [7, 11) is 0. The Morgan fingerprint density at radius 1 is 0.339 bits per heavy atom. The lowest BCUT2D eigenvalue weighted by Crippen LogP contribution is -2.05. The van der Waals surface area contributed by atoms with Gasteiger partial charge in [0.05, 0.1) is 38.9 Å². The maximum Gasteiger partial charge on any atom is 0.101 e. The molecule has 254 valence electrons. The highest BCUT2D eigenvalue weighted by Gasteiger charge is 2.29. The minimum atomic E-state index is 0.442. The van der Waals surface area contributed by atoms with Gasteiger partial charge in [-0.15, -0.1) is 0 Å². The first-order chi connectivity index (χ1) is 27.7. The van der Waals surface area contributed by atoms with E-state index in [9.17, 15) is 10.5 Å². The van der Waals surface area contributed by atoms with E-state index in [1.165, 1.54) is 55.3 Å². The average Bonchev–Trinajstić information content (AvgIpc) is 3.98. The van der Waals surface area contributed by atoms with Crippen molar-refractivity contribution in [2.24, 2.45) is 0 Å². The molecular weight excluding hydrogens is 681 g/mol. The first-order valence-electron chi connectivity index (χ1n) is 18.9. The number of nitrogens with zero attached hydrogens (tertiary/aromatic N) is 4. The fraction of sp³-hybridized carbons (Fsp3) is 0. The van der Waals surface area contributed by atoms with Gasteiger partial charge in [0.2, 0.25) is 0 Å². The van der Waals surface area contributed by atoms with Crippen LogP contribution < -0.4 is 0 Å². The molecule has 11 aromatic rings. The second-order valence-corrected chi connectivity index (χ2v) is 15.0. The lowest BCUT2D eigenvalue weighted by Gasteiger charge is -2.17. The van der Waals surface area contributed by atoms with Gasteiger partial charge >= 0.3 is 0 Å². The molecule has 4 nitrogen and oxygen atoms in total. The minimum absolute atomic E-state index is 0.442. The van der Waals surface area contributed by atoms with Crippen LogP contribution in [0.15, 0.2) is 158 Å². The van der Waals surface area contributed by atoms with E-state index in [4.69, 9.17) is 0 Å². The number of benzene rings is 9. The molecule has 0 saturated heterocycles. The van der Waals surface area contributed by atoms with Crippen LogP contribution in [0.1, 0.15) is 11.1 Å². The molecule has 2 aliphatic carbocycles. The fourth-order valence-electron chi connectivity index (χ4n) is 10.3. The summed E-state index contributed by atoms with van der Waals surface area (Å²) < 4.78 is 4.44. The first kappa shape index (κ1) is 29.5. The first-order valence-corrected chi connectivity index (χ1v) is 18.9. The van der Waals surface area contributed by atoms with Crippen molar-refractivity contribution < 1.29 is 0 Å². The zero-order valence-electron chi connectivity index (χ0n) is 29.8. The standard InChI is InChI=1S/C52H26N4/c53-27-29-23-31(55-46-21-7-5-15-36(46)44-25-42-34-13-3-1-11-32(34)38-17-9-19-40(48(38)42)51(44)55)24-30(28-54)50(29)56-47-22-8-6-16-37(47)45-26-43-35-14-4-2-12-33(35)39-18-10-20-41(49(39)43)52(45)56/h1-26H. The van der Waals surface area contributed by atoms with Crippen LogP contribution in [-0.4, -0.2) is 9.13 Å². The lowest BCUT2D eigenvalue weighted by atomic mass is 9.98. The van der Waals surface area contributed by atoms with E-state index in [1.54, 1.807) is 0 Å². The van der Waals surface area contributed by atoms with Crippen molar-refractivity contribution in [3.63, 3.8) is 0 Å². The lowest BCUT2D eigenvalue weighted by molar-refractivity contribution is 1.13. The molecule has 56 heavy (non-hydrogen) atoms. The number of nitriles is 2. The van der Waals surface area contributed by atoms with Crippen molar-refractivity contribution in [1.82, 2.24) is 9.13 Å². The third kappa shape index (κ3) is 3.48. The molecule has 0 bridgehead atoms. The van der Waals surface area contributed by atoms with Crippen molar-refractivity contribution in [3.05, 3.63) is 169 Å². The number of aromatic nitrogens is 2. The molecule has 0 amide bonds. The zero-order chi connectivity index (χ0) is 36.8. The van der Waals surface area contributed by atoms with Crippen LogP contribution in [0.2, 0.25) is 0 Å². The minimum Gasteiger partial charge on any atom is -0.309 e. The van der Waals surface area contributed by atoms with Crippen LogP contribution in [0.5, 0.6) is 0 Å². The summed E-state index contributed by atoms with van der Waals surface area (Å²) in [5, 5.41) is 31.4. The Labute approximate surface area is 320 Å². The van der Waals surface area contributed by atoms with E-state index in [1.807, 2.05) is 18.2 Å². The van der Waals surface area contributed by atoms with Gasteiger partial charge in [-0.2, -0.15) is 10.5 Å². The van der Waals surface area contributed by atoms with Gasteiger partial charge in [-0.1, -0.05) is 121 Å². The molecule has 0 N–H and O–H groups in total. The van der Waals surface area contributed by atoms with E-state index in [0.29, 0.717) is 16.8 Å².